The zero-order valence-corrected chi connectivity index (χ0v) is 19.8. The van der Waals surface area contributed by atoms with Crippen LogP contribution in [0.5, 0.6) is 0 Å². The maximum absolute atomic E-state index is 14.6. The van der Waals surface area contributed by atoms with Crippen LogP contribution in [0, 0.1) is 17.6 Å². The zero-order chi connectivity index (χ0) is 24.6. The fourth-order valence-corrected chi connectivity index (χ4v) is 5.05. The highest BCUT2D eigenvalue weighted by Gasteiger charge is 2.39. The third-order valence-electron chi connectivity index (χ3n) is 6.13. The van der Waals surface area contributed by atoms with Gasteiger partial charge in [0.25, 0.3) is 5.91 Å². The maximum Gasteiger partial charge on any atom is 0.254 e. The summed E-state index contributed by atoms with van der Waals surface area (Å²) in [5.74, 6) is -2.80. The minimum atomic E-state index is -3.51. The van der Waals surface area contributed by atoms with Crippen molar-refractivity contribution in [3.63, 3.8) is 0 Å². The van der Waals surface area contributed by atoms with E-state index in [1.807, 2.05) is 0 Å². The molecule has 2 aliphatic rings. The topological polar surface area (TPSA) is 92.8 Å². The Morgan fingerprint density at radius 2 is 1.91 bits per heavy atom. The Hall–Kier alpha value is -2.56. The Morgan fingerprint density at radius 1 is 1.18 bits per heavy atom. The number of likely N-dealkylation sites (tertiary alicyclic amines) is 1. The average Bonchev–Trinajstić information content (AvgIpc) is 3.23. The number of nitrogens with zero attached hydrogens (tertiary/aromatic N) is 1. The molecule has 2 fully saturated rings. The van der Waals surface area contributed by atoms with E-state index in [1.165, 1.54) is 29.2 Å². The third-order valence-corrected chi connectivity index (χ3v) is 7.53. The number of hydrogen-bond donors (Lipinski definition) is 1. The van der Waals surface area contributed by atoms with E-state index < -0.39 is 45.4 Å². The minimum absolute atomic E-state index is 0.00355. The molecular formula is C23H23ClF2N2O5S. The van der Waals surface area contributed by atoms with Crippen LogP contribution in [0.3, 0.4) is 0 Å². The van der Waals surface area contributed by atoms with E-state index in [0.29, 0.717) is 19.4 Å². The number of nitrogens with one attached hydrogen (secondary N) is 1. The van der Waals surface area contributed by atoms with Crippen molar-refractivity contribution in [3.05, 3.63) is 64.2 Å². The van der Waals surface area contributed by atoms with Crippen molar-refractivity contribution >= 4 is 33.3 Å². The molecule has 7 nitrogen and oxygen atoms in total. The quantitative estimate of drug-likeness (QED) is 0.600. The fourth-order valence-electron chi connectivity index (χ4n) is 4.23. The van der Waals surface area contributed by atoms with E-state index in [2.05, 4.69) is 5.32 Å². The smallest absolute Gasteiger partial charge is 0.254 e. The van der Waals surface area contributed by atoms with Crippen LogP contribution in [-0.4, -0.2) is 57.2 Å². The molecule has 0 unspecified atom stereocenters. The van der Waals surface area contributed by atoms with Crippen molar-refractivity contribution < 1.29 is 31.5 Å². The highest BCUT2D eigenvalue weighted by Crippen LogP contribution is 2.33. The van der Waals surface area contributed by atoms with Crippen LogP contribution in [-0.2, 0) is 19.4 Å². The first-order chi connectivity index (χ1) is 16.1. The van der Waals surface area contributed by atoms with E-state index in [-0.39, 0.29) is 40.2 Å². The van der Waals surface area contributed by atoms with Gasteiger partial charge in [-0.3, -0.25) is 9.59 Å². The molecule has 0 spiro atoms. The first kappa shape index (κ1) is 24.6. The van der Waals surface area contributed by atoms with E-state index >= 15 is 0 Å². The second-order valence-electron chi connectivity index (χ2n) is 8.53. The lowest BCUT2D eigenvalue weighted by Gasteiger charge is -2.36. The van der Waals surface area contributed by atoms with Gasteiger partial charge in [-0.25, -0.2) is 17.2 Å². The Kier molecular flexibility index (Phi) is 6.93. The summed E-state index contributed by atoms with van der Waals surface area (Å²) in [4.78, 5) is 27.7. The summed E-state index contributed by atoms with van der Waals surface area (Å²) in [6.07, 6.45) is 2.00. The molecule has 0 bridgehead atoms. The second kappa shape index (κ2) is 9.59. The predicted molar refractivity (Wildman–Crippen MR) is 120 cm³/mol. The number of benzene rings is 2. The molecule has 2 heterocycles. The third kappa shape index (κ3) is 4.94. The molecule has 2 aliphatic heterocycles. The van der Waals surface area contributed by atoms with Gasteiger partial charge in [-0.1, -0.05) is 17.7 Å². The standard InChI is InChI=1S/C23H23ClF2N2O5S/c1-34(31,32)15-5-2-4-13(8-15)23(30)28-7-3-6-20(28)22(29)27-21(14-11-33-12-14)16-9-19(26)17(24)10-18(16)25/h2,4-5,8-10,14,20-21H,3,6-7,11-12H2,1H3,(H,27,29)/t20-,21-/m1/s1. The van der Waals surface area contributed by atoms with E-state index in [0.717, 1.165) is 18.4 Å². The molecule has 2 atom stereocenters. The summed E-state index contributed by atoms with van der Waals surface area (Å²) < 4.78 is 57.6. The maximum atomic E-state index is 14.6. The van der Waals surface area contributed by atoms with Crippen molar-refractivity contribution in [2.24, 2.45) is 5.92 Å². The molecule has 0 aliphatic carbocycles. The van der Waals surface area contributed by atoms with Crippen molar-refractivity contribution in [1.82, 2.24) is 10.2 Å². The van der Waals surface area contributed by atoms with Crippen LogP contribution in [0.25, 0.3) is 0 Å². The molecule has 2 saturated heterocycles. The van der Waals surface area contributed by atoms with Gasteiger partial charge in [0.15, 0.2) is 9.84 Å². The molecule has 0 aromatic heterocycles. The first-order valence-corrected chi connectivity index (χ1v) is 13.0. The minimum Gasteiger partial charge on any atom is -0.381 e. The van der Waals surface area contributed by atoms with Crippen LogP contribution in [0.4, 0.5) is 8.78 Å². The lowest BCUT2D eigenvalue weighted by atomic mass is 9.90. The predicted octanol–water partition coefficient (Wildman–Crippen LogP) is 3.13. The van der Waals surface area contributed by atoms with Crippen LogP contribution in [0.15, 0.2) is 41.3 Å². The number of rotatable bonds is 6. The van der Waals surface area contributed by atoms with Crippen molar-refractivity contribution in [3.8, 4) is 0 Å². The summed E-state index contributed by atoms with van der Waals surface area (Å²) in [6, 6.07) is 5.78. The van der Waals surface area contributed by atoms with Gasteiger partial charge >= 0.3 is 0 Å². The van der Waals surface area contributed by atoms with Gasteiger partial charge in [0.1, 0.15) is 17.7 Å². The SMILES string of the molecule is CS(=O)(=O)c1cccc(C(=O)N2CCC[C@@H]2C(=O)N[C@@H](c2cc(F)c(Cl)cc2F)C2COC2)c1. The van der Waals surface area contributed by atoms with Gasteiger partial charge in [0, 0.05) is 29.8 Å². The van der Waals surface area contributed by atoms with Crippen molar-refractivity contribution in [2.45, 2.75) is 29.8 Å². The Morgan fingerprint density at radius 3 is 2.56 bits per heavy atom. The van der Waals surface area contributed by atoms with Gasteiger partial charge in [-0.15, -0.1) is 0 Å². The van der Waals surface area contributed by atoms with Gasteiger partial charge in [0.05, 0.1) is 29.2 Å². The number of ether oxygens (including phenoxy) is 1. The van der Waals surface area contributed by atoms with Crippen LogP contribution in [0.2, 0.25) is 5.02 Å². The Bertz CT molecular complexity index is 1240. The summed E-state index contributed by atoms with van der Waals surface area (Å²) in [7, 11) is -3.51. The van der Waals surface area contributed by atoms with Crippen LogP contribution in [0.1, 0.15) is 34.8 Å². The van der Waals surface area contributed by atoms with Gasteiger partial charge in [-0.05, 0) is 43.2 Å². The molecule has 2 aromatic carbocycles. The molecule has 34 heavy (non-hydrogen) atoms. The Labute approximate surface area is 200 Å². The fraction of sp³-hybridized carbons (Fsp3) is 0.391. The molecule has 2 aromatic rings. The molecule has 2 amide bonds. The number of carbonyl (C=O) groups excluding carboxylic acids is 2. The van der Waals surface area contributed by atoms with E-state index in [4.69, 9.17) is 16.3 Å². The summed E-state index contributed by atoms with van der Waals surface area (Å²) in [5.41, 5.74) is 0.109. The lowest BCUT2D eigenvalue weighted by Crippen LogP contribution is -2.50. The number of hydrogen-bond acceptors (Lipinski definition) is 5. The Balaban J connectivity index is 1.57. The molecular weight excluding hydrogens is 490 g/mol. The molecule has 0 saturated carbocycles. The van der Waals surface area contributed by atoms with Crippen molar-refractivity contribution in [1.29, 1.82) is 0 Å². The van der Waals surface area contributed by atoms with Crippen LogP contribution >= 0.6 is 11.6 Å². The number of halogens is 3. The highest BCUT2D eigenvalue weighted by molar-refractivity contribution is 7.90. The zero-order valence-electron chi connectivity index (χ0n) is 18.3. The largest absolute Gasteiger partial charge is 0.381 e. The number of amides is 2. The molecule has 1 N–H and O–H groups in total. The highest BCUT2D eigenvalue weighted by atomic mass is 35.5. The summed E-state index contributed by atoms with van der Waals surface area (Å²) >= 11 is 5.67. The normalized spacial score (nSPS) is 19.5. The summed E-state index contributed by atoms with van der Waals surface area (Å²) in [5, 5.41) is 2.42. The van der Waals surface area contributed by atoms with Crippen molar-refractivity contribution in [2.75, 3.05) is 26.0 Å². The van der Waals surface area contributed by atoms with Gasteiger partial charge in [0.2, 0.25) is 5.91 Å². The average molecular weight is 513 g/mol. The lowest BCUT2D eigenvalue weighted by molar-refractivity contribution is -0.128. The number of sulfone groups is 1. The molecule has 4 rings (SSSR count). The van der Waals surface area contributed by atoms with E-state index in [9.17, 15) is 26.8 Å². The first-order valence-electron chi connectivity index (χ1n) is 10.7. The molecule has 0 radical (unpaired) electrons. The summed E-state index contributed by atoms with van der Waals surface area (Å²) in [6.45, 7) is 0.835. The van der Waals surface area contributed by atoms with E-state index in [1.54, 1.807) is 0 Å². The second-order valence-corrected chi connectivity index (χ2v) is 11.0. The number of carbonyl (C=O) groups is 2. The monoisotopic (exact) mass is 512 g/mol. The molecule has 182 valence electrons. The van der Waals surface area contributed by atoms with Gasteiger partial charge < -0.3 is 15.0 Å². The molecule has 11 heteroatoms. The van der Waals surface area contributed by atoms with Crippen LogP contribution < -0.4 is 5.32 Å². The van der Waals surface area contributed by atoms with Gasteiger partial charge in [-0.2, -0.15) is 0 Å².